The van der Waals surface area contributed by atoms with Crippen LogP contribution in [0.2, 0.25) is 4.34 Å². The van der Waals surface area contributed by atoms with Crippen LogP contribution in [0.1, 0.15) is 0 Å². The number of guanidine groups is 1. The molecule has 0 aromatic carbocycles. The van der Waals surface area contributed by atoms with Crippen LogP contribution in [0.4, 0.5) is 0 Å². The lowest BCUT2D eigenvalue weighted by Gasteiger charge is -2.10. The molecule has 6 nitrogen and oxygen atoms in total. The van der Waals surface area contributed by atoms with Crippen molar-refractivity contribution in [3.05, 3.63) is 29.1 Å². The van der Waals surface area contributed by atoms with Gasteiger partial charge in [0.25, 0.3) is 0 Å². The second kappa shape index (κ2) is 8.25. The number of nitrogens with one attached hydrogen (secondary N) is 3. The molecule has 0 aliphatic heterocycles. The third-order valence-electron chi connectivity index (χ3n) is 2.16. The van der Waals surface area contributed by atoms with Gasteiger partial charge in [-0.2, -0.15) is 0 Å². The van der Waals surface area contributed by atoms with Gasteiger partial charge in [0.2, 0.25) is 10.0 Å². The first kappa shape index (κ1) is 17.0. The lowest BCUT2D eigenvalue weighted by Crippen LogP contribution is -2.41. The first-order chi connectivity index (χ1) is 9.49. The molecule has 0 spiro atoms. The molecule has 0 saturated carbocycles. The average molecular weight is 337 g/mol. The van der Waals surface area contributed by atoms with Crippen LogP contribution in [0.5, 0.6) is 0 Å². The van der Waals surface area contributed by atoms with Gasteiger partial charge in [-0.15, -0.1) is 17.9 Å². The molecule has 0 aliphatic carbocycles. The van der Waals surface area contributed by atoms with Crippen molar-refractivity contribution >= 4 is 38.9 Å². The first-order valence-electron chi connectivity index (χ1n) is 5.80. The maximum Gasteiger partial charge on any atom is 0.250 e. The van der Waals surface area contributed by atoms with E-state index in [4.69, 9.17) is 11.6 Å². The highest BCUT2D eigenvalue weighted by Crippen LogP contribution is 2.24. The molecule has 20 heavy (non-hydrogen) atoms. The van der Waals surface area contributed by atoms with Gasteiger partial charge in [-0.3, -0.25) is 4.99 Å². The van der Waals surface area contributed by atoms with Gasteiger partial charge in [-0.05, 0) is 12.1 Å². The molecule has 0 bridgehead atoms. The van der Waals surface area contributed by atoms with E-state index in [-0.39, 0.29) is 10.8 Å². The Labute approximate surface area is 128 Å². The molecule has 1 aromatic heterocycles. The highest BCUT2D eigenvalue weighted by atomic mass is 35.5. The van der Waals surface area contributed by atoms with Gasteiger partial charge < -0.3 is 10.6 Å². The van der Waals surface area contributed by atoms with Crippen LogP contribution in [0, 0.1) is 0 Å². The van der Waals surface area contributed by atoms with Crippen LogP contribution >= 0.6 is 22.9 Å². The predicted molar refractivity (Wildman–Crippen MR) is 84.1 cm³/mol. The van der Waals surface area contributed by atoms with E-state index in [1.54, 1.807) is 19.2 Å². The maximum absolute atomic E-state index is 11.9. The summed E-state index contributed by atoms with van der Waals surface area (Å²) in [5.41, 5.74) is 0. The molecule has 0 aliphatic rings. The molecule has 0 fully saturated rings. The van der Waals surface area contributed by atoms with Crippen molar-refractivity contribution in [2.24, 2.45) is 4.99 Å². The van der Waals surface area contributed by atoms with E-state index in [0.29, 0.717) is 23.4 Å². The van der Waals surface area contributed by atoms with Crippen molar-refractivity contribution in [3.8, 4) is 0 Å². The molecule has 0 radical (unpaired) electrons. The van der Waals surface area contributed by atoms with E-state index in [1.165, 1.54) is 6.07 Å². The van der Waals surface area contributed by atoms with E-state index in [2.05, 4.69) is 26.9 Å². The maximum atomic E-state index is 11.9. The molecule has 9 heteroatoms. The number of hydrogen-bond acceptors (Lipinski definition) is 4. The van der Waals surface area contributed by atoms with E-state index >= 15 is 0 Å². The van der Waals surface area contributed by atoms with Crippen LogP contribution in [0.15, 0.2) is 34.0 Å². The molecule has 3 N–H and O–H groups in total. The van der Waals surface area contributed by atoms with Gasteiger partial charge in [0.1, 0.15) is 4.21 Å². The Balaban J connectivity index is 2.39. The monoisotopic (exact) mass is 336 g/mol. The normalized spacial score (nSPS) is 12.2. The van der Waals surface area contributed by atoms with Crippen LogP contribution in [-0.4, -0.2) is 41.1 Å². The van der Waals surface area contributed by atoms with Crippen molar-refractivity contribution in [1.82, 2.24) is 15.4 Å². The molecule has 112 valence electrons. The second-order valence-corrected chi connectivity index (χ2v) is 7.33. The van der Waals surface area contributed by atoms with Crippen LogP contribution < -0.4 is 15.4 Å². The summed E-state index contributed by atoms with van der Waals surface area (Å²) < 4.78 is 26.9. The number of thiophene rings is 1. The Morgan fingerprint density at radius 3 is 2.75 bits per heavy atom. The number of hydrogen-bond donors (Lipinski definition) is 3. The first-order valence-corrected chi connectivity index (χ1v) is 8.48. The van der Waals surface area contributed by atoms with Gasteiger partial charge in [0.05, 0.1) is 4.34 Å². The lowest BCUT2D eigenvalue weighted by molar-refractivity contribution is 0.582. The fourth-order valence-corrected chi connectivity index (χ4v) is 3.83. The number of nitrogens with zero attached hydrogens (tertiary/aromatic N) is 1. The largest absolute Gasteiger partial charge is 0.355 e. The minimum atomic E-state index is -3.49. The van der Waals surface area contributed by atoms with Gasteiger partial charge in [-0.1, -0.05) is 17.7 Å². The molecule has 0 amide bonds. The quantitative estimate of drug-likeness (QED) is 0.300. The third kappa shape index (κ3) is 5.49. The minimum absolute atomic E-state index is 0.205. The molecule has 0 atom stereocenters. The van der Waals surface area contributed by atoms with Crippen molar-refractivity contribution in [2.45, 2.75) is 4.21 Å². The predicted octanol–water partition coefficient (Wildman–Crippen LogP) is 1.03. The SMILES string of the molecule is C=CCNC(=NC)NCCNS(=O)(=O)c1ccc(Cl)s1. The lowest BCUT2D eigenvalue weighted by atomic mass is 10.6. The fraction of sp³-hybridized carbons (Fsp3) is 0.364. The highest BCUT2D eigenvalue weighted by Gasteiger charge is 2.15. The number of sulfonamides is 1. The van der Waals surface area contributed by atoms with Crippen LogP contribution in [0.3, 0.4) is 0 Å². The molecular formula is C11H17ClN4O2S2. The zero-order valence-corrected chi connectivity index (χ0v) is 13.4. The summed E-state index contributed by atoms with van der Waals surface area (Å²) in [5.74, 6) is 0.586. The molecule has 1 heterocycles. The molecule has 1 aromatic rings. The average Bonchev–Trinajstić information content (AvgIpc) is 2.85. The summed E-state index contributed by atoms with van der Waals surface area (Å²) >= 11 is 6.74. The fourth-order valence-electron chi connectivity index (χ4n) is 1.27. The Morgan fingerprint density at radius 2 is 2.20 bits per heavy atom. The van der Waals surface area contributed by atoms with Gasteiger partial charge in [-0.25, -0.2) is 13.1 Å². The Hall–Kier alpha value is -1.09. The van der Waals surface area contributed by atoms with Crippen LogP contribution in [-0.2, 0) is 10.0 Å². The molecule has 1 rings (SSSR count). The zero-order chi connectivity index (χ0) is 15.0. The van der Waals surface area contributed by atoms with Gasteiger partial charge in [0, 0.05) is 26.7 Å². The van der Waals surface area contributed by atoms with Crippen LogP contribution in [0.25, 0.3) is 0 Å². The zero-order valence-electron chi connectivity index (χ0n) is 11.0. The van der Waals surface area contributed by atoms with E-state index in [1.807, 2.05) is 0 Å². The second-order valence-electron chi connectivity index (χ2n) is 3.62. The summed E-state index contributed by atoms with van der Waals surface area (Å²) in [5, 5.41) is 5.95. The molecule has 0 saturated heterocycles. The summed E-state index contributed by atoms with van der Waals surface area (Å²) in [4.78, 5) is 3.98. The smallest absolute Gasteiger partial charge is 0.250 e. The van der Waals surface area contributed by atoms with Gasteiger partial charge in [0.15, 0.2) is 5.96 Å². The summed E-state index contributed by atoms with van der Waals surface area (Å²) in [6.07, 6.45) is 1.70. The number of rotatable bonds is 7. The topological polar surface area (TPSA) is 82.6 Å². The van der Waals surface area contributed by atoms with Gasteiger partial charge >= 0.3 is 0 Å². The number of halogens is 1. The van der Waals surface area contributed by atoms with E-state index in [0.717, 1.165) is 11.3 Å². The standard InChI is InChI=1S/C11H17ClN4O2S2/c1-3-6-14-11(13-2)15-7-8-16-20(17,18)10-5-4-9(12)19-10/h3-5,16H,1,6-8H2,2H3,(H2,13,14,15). The Kier molecular flexibility index (Phi) is 7.00. The Bertz CT molecular complexity index is 569. The summed E-state index contributed by atoms with van der Waals surface area (Å²) in [6, 6.07) is 3.04. The summed E-state index contributed by atoms with van der Waals surface area (Å²) in [6.45, 7) is 4.82. The molecular weight excluding hydrogens is 320 g/mol. The minimum Gasteiger partial charge on any atom is -0.355 e. The Morgan fingerprint density at radius 1 is 1.45 bits per heavy atom. The van der Waals surface area contributed by atoms with E-state index in [9.17, 15) is 8.42 Å². The van der Waals surface area contributed by atoms with Crippen molar-refractivity contribution in [1.29, 1.82) is 0 Å². The van der Waals surface area contributed by atoms with Crippen molar-refractivity contribution in [3.63, 3.8) is 0 Å². The third-order valence-corrected chi connectivity index (χ3v) is 5.34. The van der Waals surface area contributed by atoms with Crippen molar-refractivity contribution < 1.29 is 8.42 Å². The summed E-state index contributed by atoms with van der Waals surface area (Å²) in [7, 11) is -1.86. The van der Waals surface area contributed by atoms with E-state index < -0.39 is 10.0 Å². The molecule has 0 unspecified atom stereocenters. The van der Waals surface area contributed by atoms with Crippen molar-refractivity contribution in [2.75, 3.05) is 26.7 Å². The highest BCUT2D eigenvalue weighted by molar-refractivity contribution is 7.91. The number of aliphatic imine (C=N–C) groups is 1.